The number of nitrogens with zero attached hydrogens (tertiary/aromatic N) is 1. The number of esters is 1. The summed E-state index contributed by atoms with van der Waals surface area (Å²) in [5.41, 5.74) is 0.636. The molecule has 2 aromatic carbocycles. The normalized spacial score (nSPS) is 12.7. The minimum Gasteiger partial charge on any atom is -0.488 e. The molecule has 7 heteroatoms. The van der Waals surface area contributed by atoms with E-state index in [9.17, 15) is 14.4 Å². The van der Waals surface area contributed by atoms with Crippen molar-refractivity contribution in [2.24, 2.45) is 0 Å². The number of hydrogen-bond acceptors (Lipinski definition) is 5. The quantitative estimate of drug-likeness (QED) is 0.316. The first-order valence-electron chi connectivity index (χ1n) is 8.18. The smallest absolute Gasteiger partial charge is 0.338 e. The number of hydrogen-bond donors (Lipinski definition) is 0. The summed E-state index contributed by atoms with van der Waals surface area (Å²) in [6.07, 6.45) is 1.47. The third-order valence-corrected chi connectivity index (χ3v) is 4.24. The van der Waals surface area contributed by atoms with Crippen LogP contribution >= 0.6 is 11.6 Å². The lowest BCUT2D eigenvalue weighted by molar-refractivity contribution is 0.0450. The fraction of sp³-hybridized carbons (Fsp3) is 0.150. The molecule has 0 N–H and O–H groups in total. The zero-order chi connectivity index (χ0) is 19.4. The molecule has 2 amide bonds. The van der Waals surface area contributed by atoms with Gasteiger partial charge in [-0.25, -0.2) is 4.79 Å². The monoisotopic (exact) mass is 385 g/mol. The maximum absolute atomic E-state index is 12.3. The molecule has 6 nitrogen and oxygen atoms in total. The second kappa shape index (κ2) is 8.05. The van der Waals surface area contributed by atoms with Gasteiger partial charge in [0.15, 0.2) is 0 Å². The Hall–Kier alpha value is -3.12. The van der Waals surface area contributed by atoms with Gasteiger partial charge in [-0.15, -0.1) is 6.58 Å². The van der Waals surface area contributed by atoms with Crippen molar-refractivity contribution in [3.63, 3.8) is 0 Å². The highest BCUT2D eigenvalue weighted by Gasteiger charge is 2.35. The number of rotatable bonds is 7. The van der Waals surface area contributed by atoms with E-state index in [1.165, 1.54) is 24.3 Å². The lowest BCUT2D eigenvalue weighted by Crippen LogP contribution is -2.29. The number of imide groups is 1. The number of carbonyl (C=O) groups excluding carboxylic acids is 3. The number of amides is 2. The number of para-hydroxylation sites is 1. The van der Waals surface area contributed by atoms with Gasteiger partial charge in [-0.1, -0.05) is 29.8 Å². The van der Waals surface area contributed by atoms with Crippen molar-refractivity contribution in [1.29, 1.82) is 0 Å². The lowest BCUT2D eigenvalue weighted by atomic mass is 10.1. The van der Waals surface area contributed by atoms with Gasteiger partial charge < -0.3 is 9.47 Å². The van der Waals surface area contributed by atoms with Crippen LogP contribution in [0.25, 0.3) is 0 Å². The minimum absolute atomic E-state index is 0.0105. The number of ether oxygens (including phenoxy) is 2. The molecular weight excluding hydrogens is 370 g/mol. The maximum Gasteiger partial charge on any atom is 0.338 e. The van der Waals surface area contributed by atoms with E-state index in [-0.39, 0.29) is 36.4 Å². The summed E-state index contributed by atoms with van der Waals surface area (Å²) >= 11 is 5.97. The molecule has 0 fully saturated rings. The Balaban J connectivity index is 1.60. The van der Waals surface area contributed by atoms with Crippen molar-refractivity contribution >= 4 is 29.4 Å². The highest BCUT2D eigenvalue weighted by Crippen LogP contribution is 2.25. The largest absolute Gasteiger partial charge is 0.488 e. The molecule has 0 radical (unpaired) electrons. The van der Waals surface area contributed by atoms with Crippen LogP contribution < -0.4 is 4.74 Å². The molecule has 0 saturated carbocycles. The van der Waals surface area contributed by atoms with E-state index in [2.05, 4.69) is 6.58 Å². The zero-order valence-corrected chi connectivity index (χ0v) is 15.1. The molecule has 27 heavy (non-hydrogen) atoms. The number of carbonyl (C=O) groups is 3. The van der Waals surface area contributed by atoms with Gasteiger partial charge in [0.05, 0.1) is 21.7 Å². The molecule has 1 aliphatic heterocycles. The summed E-state index contributed by atoms with van der Waals surface area (Å²) in [4.78, 5) is 37.7. The van der Waals surface area contributed by atoms with E-state index >= 15 is 0 Å². The Labute approximate surface area is 160 Å². The molecule has 2 aromatic rings. The van der Waals surface area contributed by atoms with E-state index in [0.717, 1.165) is 4.90 Å². The molecule has 1 aliphatic rings. The third-order valence-electron chi connectivity index (χ3n) is 3.93. The zero-order valence-electron chi connectivity index (χ0n) is 14.3. The fourth-order valence-corrected chi connectivity index (χ4v) is 2.83. The van der Waals surface area contributed by atoms with Gasteiger partial charge in [0, 0.05) is 6.54 Å². The molecule has 0 spiro atoms. The maximum atomic E-state index is 12.3. The Morgan fingerprint density at radius 2 is 1.81 bits per heavy atom. The first-order chi connectivity index (χ1) is 13.0. The second-order valence-electron chi connectivity index (χ2n) is 5.68. The van der Waals surface area contributed by atoms with E-state index in [1.807, 2.05) is 0 Å². The van der Waals surface area contributed by atoms with Gasteiger partial charge >= 0.3 is 5.97 Å². The van der Waals surface area contributed by atoms with E-state index in [0.29, 0.717) is 10.8 Å². The lowest BCUT2D eigenvalue weighted by Gasteiger charge is -2.09. The van der Waals surface area contributed by atoms with Gasteiger partial charge in [-0.05, 0) is 30.3 Å². The Bertz CT molecular complexity index is 924. The SMILES string of the molecule is C=CCN1C(=O)c2ccc(C(=O)OCCOc3ccccc3Cl)cc2C1=O. The van der Waals surface area contributed by atoms with Gasteiger partial charge in [-0.3, -0.25) is 14.5 Å². The third kappa shape index (κ3) is 3.85. The summed E-state index contributed by atoms with van der Waals surface area (Å²) in [6.45, 7) is 3.79. The van der Waals surface area contributed by atoms with Crippen LogP contribution in [0.3, 0.4) is 0 Å². The van der Waals surface area contributed by atoms with Gasteiger partial charge in [0.2, 0.25) is 0 Å². The van der Waals surface area contributed by atoms with Crippen LogP contribution in [0.4, 0.5) is 0 Å². The van der Waals surface area contributed by atoms with Crippen molar-refractivity contribution in [2.45, 2.75) is 0 Å². The van der Waals surface area contributed by atoms with E-state index in [1.54, 1.807) is 24.3 Å². The molecule has 0 aromatic heterocycles. The van der Waals surface area contributed by atoms with Crippen LogP contribution in [0.2, 0.25) is 5.02 Å². The topological polar surface area (TPSA) is 72.9 Å². The van der Waals surface area contributed by atoms with Crippen LogP contribution in [0.1, 0.15) is 31.1 Å². The van der Waals surface area contributed by atoms with E-state index in [4.69, 9.17) is 21.1 Å². The predicted molar refractivity (Wildman–Crippen MR) is 99.2 cm³/mol. The highest BCUT2D eigenvalue weighted by atomic mass is 35.5. The van der Waals surface area contributed by atoms with Crippen LogP contribution in [0.5, 0.6) is 5.75 Å². The van der Waals surface area contributed by atoms with Crippen LogP contribution in [0, 0.1) is 0 Å². The van der Waals surface area contributed by atoms with Gasteiger partial charge in [0.25, 0.3) is 11.8 Å². The first kappa shape index (κ1) is 18.7. The standard InChI is InChI=1S/C20H16ClNO5/c1-2-9-22-18(23)14-8-7-13(12-15(14)19(22)24)20(25)27-11-10-26-17-6-4-3-5-16(17)21/h2-8,12H,1,9-11H2. The van der Waals surface area contributed by atoms with E-state index < -0.39 is 17.8 Å². The van der Waals surface area contributed by atoms with Gasteiger partial charge in [0.1, 0.15) is 19.0 Å². The molecule has 1 heterocycles. The number of benzene rings is 2. The van der Waals surface area contributed by atoms with Crippen molar-refractivity contribution in [2.75, 3.05) is 19.8 Å². The number of fused-ring (bicyclic) bond motifs is 1. The molecule has 0 bridgehead atoms. The van der Waals surface area contributed by atoms with Crippen molar-refractivity contribution in [3.05, 3.63) is 76.8 Å². The summed E-state index contributed by atoms with van der Waals surface area (Å²) in [6, 6.07) is 11.3. The Morgan fingerprint density at radius 3 is 2.56 bits per heavy atom. The fourth-order valence-electron chi connectivity index (χ4n) is 2.64. The molecule has 0 atom stereocenters. The second-order valence-corrected chi connectivity index (χ2v) is 6.09. The van der Waals surface area contributed by atoms with Crippen molar-refractivity contribution in [1.82, 2.24) is 4.90 Å². The summed E-state index contributed by atoms with van der Waals surface area (Å²) < 4.78 is 10.6. The molecule has 3 rings (SSSR count). The first-order valence-corrected chi connectivity index (χ1v) is 8.56. The summed E-state index contributed by atoms with van der Waals surface area (Å²) in [5.74, 6) is -0.961. The molecule has 0 unspecified atom stereocenters. The minimum atomic E-state index is -0.608. The molecule has 0 saturated heterocycles. The molecular formula is C20H16ClNO5. The number of halogens is 1. The van der Waals surface area contributed by atoms with Gasteiger partial charge in [-0.2, -0.15) is 0 Å². The van der Waals surface area contributed by atoms with Crippen LogP contribution in [-0.2, 0) is 4.74 Å². The van der Waals surface area contributed by atoms with Crippen molar-refractivity contribution < 1.29 is 23.9 Å². The Kier molecular flexibility index (Phi) is 5.57. The average Bonchev–Trinajstić information content (AvgIpc) is 2.91. The average molecular weight is 386 g/mol. The summed E-state index contributed by atoms with van der Waals surface area (Å²) in [5, 5.41) is 0.467. The van der Waals surface area contributed by atoms with Crippen LogP contribution in [0.15, 0.2) is 55.1 Å². The molecule has 0 aliphatic carbocycles. The van der Waals surface area contributed by atoms with Crippen molar-refractivity contribution in [3.8, 4) is 5.75 Å². The predicted octanol–water partition coefficient (Wildman–Crippen LogP) is 3.36. The highest BCUT2D eigenvalue weighted by molar-refractivity contribution is 6.32. The Morgan fingerprint density at radius 1 is 1.07 bits per heavy atom. The van der Waals surface area contributed by atoms with Crippen LogP contribution in [-0.4, -0.2) is 42.4 Å². The molecule has 138 valence electrons. The summed E-state index contributed by atoms with van der Waals surface area (Å²) in [7, 11) is 0.